The zero-order valence-electron chi connectivity index (χ0n) is 10.5. The highest BCUT2D eigenvalue weighted by Crippen LogP contribution is 2.19. The van der Waals surface area contributed by atoms with Gasteiger partial charge < -0.3 is 14.8 Å². The van der Waals surface area contributed by atoms with E-state index >= 15 is 0 Å². The van der Waals surface area contributed by atoms with Crippen molar-refractivity contribution in [3.05, 3.63) is 29.6 Å². The average molecular weight is 251 g/mol. The van der Waals surface area contributed by atoms with Crippen LogP contribution in [0.5, 0.6) is 5.75 Å². The maximum Gasteiger partial charge on any atom is 0.124 e. The quantitative estimate of drug-likeness (QED) is 0.566. The van der Waals surface area contributed by atoms with Crippen LogP contribution in [0.25, 0.3) is 0 Å². The molecule has 0 unspecified atom stereocenters. The van der Waals surface area contributed by atoms with E-state index in [4.69, 9.17) is 15.9 Å². The molecule has 0 saturated heterocycles. The van der Waals surface area contributed by atoms with E-state index in [1.165, 1.54) is 12.1 Å². The van der Waals surface area contributed by atoms with Gasteiger partial charge in [0.25, 0.3) is 0 Å². The summed E-state index contributed by atoms with van der Waals surface area (Å²) in [5.74, 6) is 2.89. The van der Waals surface area contributed by atoms with E-state index in [9.17, 15) is 4.39 Å². The fourth-order valence-electron chi connectivity index (χ4n) is 1.44. The Morgan fingerprint density at radius 2 is 2.22 bits per heavy atom. The van der Waals surface area contributed by atoms with Gasteiger partial charge in [-0.1, -0.05) is 0 Å². The summed E-state index contributed by atoms with van der Waals surface area (Å²) in [6, 6.07) is 4.47. The van der Waals surface area contributed by atoms with E-state index in [1.807, 2.05) is 0 Å². The molecular formula is C14H18FNO2. The predicted molar refractivity (Wildman–Crippen MR) is 68.9 cm³/mol. The van der Waals surface area contributed by atoms with Crippen molar-refractivity contribution in [3.63, 3.8) is 0 Å². The number of hydrogen-bond acceptors (Lipinski definition) is 3. The Kier molecular flexibility index (Phi) is 6.85. The maximum atomic E-state index is 13.2. The molecule has 0 aliphatic carbocycles. The maximum absolute atomic E-state index is 13.2. The number of rotatable bonds is 8. The Morgan fingerprint density at radius 1 is 1.39 bits per heavy atom. The lowest BCUT2D eigenvalue weighted by molar-refractivity contribution is 0.199. The lowest BCUT2D eigenvalue weighted by Gasteiger charge is -2.11. The van der Waals surface area contributed by atoms with Gasteiger partial charge in [0.05, 0.1) is 13.2 Å². The first-order valence-corrected chi connectivity index (χ1v) is 5.82. The minimum atomic E-state index is -0.275. The summed E-state index contributed by atoms with van der Waals surface area (Å²) in [4.78, 5) is 0. The molecule has 0 fully saturated rings. The van der Waals surface area contributed by atoms with Crippen molar-refractivity contribution in [3.8, 4) is 18.1 Å². The fourth-order valence-corrected chi connectivity index (χ4v) is 1.44. The molecule has 0 aliphatic rings. The molecule has 0 bridgehead atoms. The molecule has 0 aromatic heterocycles. The van der Waals surface area contributed by atoms with Gasteiger partial charge in [0.2, 0.25) is 0 Å². The van der Waals surface area contributed by atoms with Crippen molar-refractivity contribution in [2.45, 2.75) is 13.0 Å². The van der Waals surface area contributed by atoms with Gasteiger partial charge >= 0.3 is 0 Å². The summed E-state index contributed by atoms with van der Waals surface area (Å²) < 4.78 is 23.6. The first-order chi connectivity index (χ1) is 8.77. The number of terminal acetylenes is 1. The van der Waals surface area contributed by atoms with Crippen LogP contribution in [0.2, 0.25) is 0 Å². The van der Waals surface area contributed by atoms with Crippen LogP contribution in [0.15, 0.2) is 18.2 Å². The molecule has 98 valence electrons. The summed E-state index contributed by atoms with van der Waals surface area (Å²) in [5.41, 5.74) is 0.781. The number of ether oxygens (including phenoxy) is 2. The molecule has 0 radical (unpaired) electrons. The molecule has 1 rings (SSSR count). The second-order valence-electron chi connectivity index (χ2n) is 3.72. The number of hydrogen-bond donors (Lipinski definition) is 1. The van der Waals surface area contributed by atoms with Gasteiger partial charge in [-0.15, -0.1) is 12.3 Å². The topological polar surface area (TPSA) is 30.5 Å². The van der Waals surface area contributed by atoms with Crippen molar-refractivity contribution >= 4 is 0 Å². The highest BCUT2D eigenvalue weighted by atomic mass is 19.1. The molecule has 1 aromatic rings. The largest absolute Gasteiger partial charge is 0.492 e. The number of benzene rings is 1. The first-order valence-electron chi connectivity index (χ1n) is 5.82. The number of methoxy groups -OCH3 is 1. The van der Waals surface area contributed by atoms with Crippen LogP contribution in [0, 0.1) is 18.2 Å². The standard InChI is InChI=1S/C14H18FNO2/c1-3-4-8-18-14-6-5-13(15)10-12(14)11-16-7-9-17-2/h1,5-6,10,16H,4,7-9,11H2,2H3. The molecule has 1 aromatic carbocycles. The van der Waals surface area contributed by atoms with E-state index < -0.39 is 0 Å². The van der Waals surface area contributed by atoms with Crippen molar-refractivity contribution in [2.75, 3.05) is 26.9 Å². The van der Waals surface area contributed by atoms with E-state index in [2.05, 4.69) is 11.2 Å². The second-order valence-corrected chi connectivity index (χ2v) is 3.72. The van der Waals surface area contributed by atoms with Crippen LogP contribution in [0.3, 0.4) is 0 Å². The second kappa shape index (κ2) is 8.51. The molecule has 4 heteroatoms. The van der Waals surface area contributed by atoms with Gasteiger partial charge in [0, 0.05) is 32.2 Å². The van der Waals surface area contributed by atoms with Gasteiger partial charge in [0.1, 0.15) is 11.6 Å². The van der Waals surface area contributed by atoms with Crippen molar-refractivity contribution < 1.29 is 13.9 Å². The molecule has 0 aliphatic heterocycles. The number of halogens is 1. The monoisotopic (exact) mass is 251 g/mol. The average Bonchev–Trinajstić information content (AvgIpc) is 2.37. The molecule has 3 nitrogen and oxygen atoms in total. The van der Waals surface area contributed by atoms with Crippen LogP contribution in [0.1, 0.15) is 12.0 Å². The van der Waals surface area contributed by atoms with E-state index in [0.29, 0.717) is 38.5 Å². The zero-order valence-corrected chi connectivity index (χ0v) is 10.5. The van der Waals surface area contributed by atoms with Crippen molar-refractivity contribution in [2.24, 2.45) is 0 Å². The fraction of sp³-hybridized carbons (Fsp3) is 0.429. The summed E-state index contributed by atoms with van der Waals surface area (Å²) in [7, 11) is 1.64. The van der Waals surface area contributed by atoms with Crippen molar-refractivity contribution in [1.82, 2.24) is 5.32 Å². The molecule has 0 atom stereocenters. The predicted octanol–water partition coefficient (Wildman–Crippen LogP) is 1.96. The van der Waals surface area contributed by atoms with Crippen LogP contribution in [0.4, 0.5) is 4.39 Å². The smallest absolute Gasteiger partial charge is 0.124 e. The molecule has 0 heterocycles. The molecule has 0 amide bonds. The summed E-state index contributed by atoms with van der Waals surface area (Å²) >= 11 is 0. The summed E-state index contributed by atoms with van der Waals surface area (Å²) in [6.45, 7) is 2.29. The van der Waals surface area contributed by atoms with Crippen LogP contribution in [-0.2, 0) is 11.3 Å². The zero-order chi connectivity index (χ0) is 13.2. The van der Waals surface area contributed by atoms with Crippen LogP contribution in [-0.4, -0.2) is 26.9 Å². The van der Waals surface area contributed by atoms with E-state index in [1.54, 1.807) is 13.2 Å². The summed E-state index contributed by atoms with van der Waals surface area (Å²) in [5, 5.41) is 3.15. The van der Waals surface area contributed by atoms with Gasteiger partial charge in [0.15, 0.2) is 0 Å². The van der Waals surface area contributed by atoms with Gasteiger partial charge in [-0.05, 0) is 18.2 Å². The minimum absolute atomic E-state index is 0.275. The molecule has 0 spiro atoms. The van der Waals surface area contributed by atoms with Gasteiger partial charge in [-0.2, -0.15) is 0 Å². The third kappa shape index (κ3) is 5.17. The Labute approximate surface area is 107 Å². The lowest BCUT2D eigenvalue weighted by atomic mass is 10.2. The molecule has 18 heavy (non-hydrogen) atoms. The van der Waals surface area contributed by atoms with Crippen molar-refractivity contribution in [1.29, 1.82) is 0 Å². The normalized spacial score (nSPS) is 10.1. The first kappa shape index (κ1) is 14.5. The number of nitrogens with one attached hydrogen (secondary N) is 1. The van der Waals surface area contributed by atoms with Gasteiger partial charge in [-0.3, -0.25) is 0 Å². The third-order valence-electron chi connectivity index (χ3n) is 2.32. The summed E-state index contributed by atoms with van der Waals surface area (Å²) in [6.07, 6.45) is 5.69. The minimum Gasteiger partial charge on any atom is -0.492 e. The van der Waals surface area contributed by atoms with E-state index in [-0.39, 0.29) is 5.82 Å². The Hall–Kier alpha value is -1.57. The van der Waals surface area contributed by atoms with Gasteiger partial charge in [-0.25, -0.2) is 4.39 Å². The van der Waals surface area contributed by atoms with Crippen LogP contribution >= 0.6 is 0 Å². The Bertz CT molecular complexity index is 401. The highest BCUT2D eigenvalue weighted by Gasteiger charge is 2.05. The third-order valence-corrected chi connectivity index (χ3v) is 2.32. The Balaban J connectivity index is 2.56. The van der Waals surface area contributed by atoms with E-state index in [0.717, 1.165) is 5.56 Å². The van der Waals surface area contributed by atoms with Crippen LogP contribution < -0.4 is 10.1 Å². The lowest BCUT2D eigenvalue weighted by Crippen LogP contribution is -2.19. The Morgan fingerprint density at radius 3 is 2.94 bits per heavy atom. The molecular weight excluding hydrogens is 233 g/mol. The molecule has 1 N–H and O–H groups in total. The SMILES string of the molecule is C#CCCOc1ccc(F)cc1CNCCOC. The molecule has 0 saturated carbocycles. The highest BCUT2D eigenvalue weighted by molar-refractivity contribution is 5.34.